The molecule has 60 valence electrons. The van der Waals surface area contributed by atoms with Gasteiger partial charge in [0.15, 0.2) is 5.43 Å². The molecule has 0 atom stereocenters. The average molecular weight is 176 g/mol. The zero-order valence-electron chi connectivity index (χ0n) is 6.70. The van der Waals surface area contributed by atoms with E-state index in [-0.39, 0.29) is 5.43 Å². The Morgan fingerprint density at radius 2 is 2.08 bits per heavy atom. The topological polar surface area (TPSA) is 17.1 Å². The zero-order valence-corrected chi connectivity index (χ0v) is 7.52. The van der Waals surface area contributed by atoms with Crippen LogP contribution >= 0.6 is 11.3 Å². The minimum absolute atomic E-state index is 0.118. The van der Waals surface area contributed by atoms with Gasteiger partial charge in [-0.05, 0) is 30.0 Å². The largest absolute Gasteiger partial charge is 0.289 e. The Morgan fingerprint density at radius 3 is 2.83 bits per heavy atom. The lowest BCUT2D eigenvalue weighted by atomic mass is 10.2. The van der Waals surface area contributed by atoms with E-state index in [4.69, 9.17) is 0 Å². The minimum atomic E-state index is 0.118. The highest BCUT2D eigenvalue weighted by Crippen LogP contribution is 2.18. The van der Waals surface area contributed by atoms with Crippen molar-refractivity contribution in [2.24, 2.45) is 0 Å². The predicted octanol–water partition coefficient (Wildman–Crippen LogP) is 2.57. The van der Waals surface area contributed by atoms with Gasteiger partial charge in [0.05, 0.1) is 0 Å². The summed E-state index contributed by atoms with van der Waals surface area (Å²) in [5.41, 5.74) is 1.29. The lowest BCUT2D eigenvalue weighted by Crippen LogP contribution is -1.96. The van der Waals surface area contributed by atoms with Crippen molar-refractivity contribution in [2.75, 3.05) is 0 Å². The van der Waals surface area contributed by atoms with E-state index in [0.717, 1.165) is 10.1 Å². The molecule has 12 heavy (non-hydrogen) atoms. The van der Waals surface area contributed by atoms with Gasteiger partial charge >= 0.3 is 0 Å². The Labute approximate surface area is 74.3 Å². The van der Waals surface area contributed by atoms with E-state index in [1.54, 1.807) is 17.4 Å². The van der Waals surface area contributed by atoms with Crippen LogP contribution in [-0.2, 0) is 0 Å². The summed E-state index contributed by atoms with van der Waals surface area (Å²) in [4.78, 5) is 11.3. The average Bonchev–Trinajstić information content (AvgIpc) is 2.07. The van der Waals surface area contributed by atoms with Crippen molar-refractivity contribution < 1.29 is 0 Å². The van der Waals surface area contributed by atoms with Crippen LogP contribution in [0.25, 0.3) is 10.1 Å². The number of fused-ring (bicyclic) bond motifs is 1. The van der Waals surface area contributed by atoms with Gasteiger partial charge in [0.25, 0.3) is 0 Å². The number of rotatable bonds is 0. The molecule has 2 aromatic rings. The van der Waals surface area contributed by atoms with Crippen LogP contribution in [-0.4, -0.2) is 0 Å². The highest BCUT2D eigenvalue weighted by Gasteiger charge is 1.98. The first-order valence-corrected chi connectivity index (χ1v) is 4.64. The van der Waals surface area contributed by atoms with Crippen molar-refractivity contribution in [1.82, 2.24) is 0 Å². The summed E-state index contributed by atoms with van der Waals surface area (Å²) < 4.78 is 1.10. The first-order valence-electron chi connectivity index (χ1n) is 3.76. The van der Waals surface area contributed by atoms with Gasteiger partial charge in [-0.2, -0.15) is 0 Å². The molecule has 0 aliphatic rings. The summed E-state index contributed by atoms with van der Waals surface area (Å²) in [6.45, 7) is 2.03. The molecule has 1 heterocycles. The van der Waals surface area contributed by atoms with Gasteiger partial charge in [0.2, 0.25) is 0 Å². The van der Waals surface area contributed by atoms with Gasteiger partial charge in [0.1, 0.15) is 0 Å². The quantitative estimate of drug-likeness (QED) is 0.603. The second-order valence-electron chi connectivity index (χ2n) is 2.74. The maximum Gasteiger partial charge on any atom is 0.188 e. The van der Waals surface area contributed by atoms with Crippen molar-refractivity contribution >= 4 is 21.4 Å². The number of hydrogen-bond acceptors (Lipinski definition) is 2. The highest BCUT2D eigenvalue weighted by atomic mass is 32.1. The van der Waals surface area contributed by atoms with Crippen molar-refractivity contribution in [3.63, 3.8) is 0 Å². The third kappa shape index (κ3) is 1.04. The van der Waals surface area contributed by atoms with Gasteiger partial charge in [0, 0.05) is 10.1 Å². The monoisotopic (exact) mass is 176 g/mol. The van der Waals surface area contributed by atoms with Crippen LogP contribution in [0.15, 0.2) is 34.4 Å². The Bertz CT molecular complexity index is 470. The molecule has 2 heteroatoms. The van der Waals surface area contributed by atoms with Gasteiger partial charge in [-0.25, -0.2) is 0 Å². The zero-order chi connectivity index (χ0) is 8.55. The first kappa shape index (κ1) is 7.50. The van der Waals surface area contributed by atoms with Crippen LogP contribution in [0, 0.1) is 6.92 Å². The summed E-state index contributed by atoms with van der Waals surface area (Å²) in [5, 5.41) is 2.68. The van der Waals surface area contributed by atoms with E-state index in [1.165, 1.54) is 5.56 Å². The second kappa shape index (κ2) is 2.72. The Morgan fingerprint density at radius 1 is 1.25 bits per heavy atom. The summed E-state index contributed by atoms with van der Waals surface area (Å²) >= 11 is 1.62. The van der Waals surface area contributed by atoms with E-state index >= 15 is 0 Å². The van der Waals surface area contributed by atoms with Gasteiger partial charge in [-0.15, -0.1) is 11.3 Å². The fourth-order valence-electron chi connectivity index (χ4n) is 1.26. The molecule has 2 rings (SSSR count). The van der Waals surface area contributed by atoms with Crippen molar-refractivity contribution in [2.45, 2.75) is 6.92 Å². The lowest BCUT2D eigenvalue weighted by Gasteiger charge is -1.97. The molecule has 0 saturated heterocycles. The second-order valence-corrected chi connectivity index (χ2v) is 3.65. The number of hydrogen-bond donors (Lipinski definition) is 0. The fraction of sp³-hybridized carbons (Fsp3) is 0.100. The summed E-state index contributed by atoms with van der Waals surface area (Å²) in [5.74, 6) is 0. The molecule has 0 bridgehead atoms. The molecule has 0 aliphatic heterocycles. The summed E-state index contributed by atoms with van der Waals surface area (Å²) in [6.07, 6.45) is 0. The molecular formula is C10H8OS. The molecule has 0 saturated carbocycles. The van der Waals surface area contributed by atoms with E-state index in [0.29, 0.717) is 0 Å². The molecule has 0 N–H and O–H groups in total. The Kier molecular flexibility index (Phi) is 1.70. The lowest BCUT2D eigenvalue weighted by molar-refractivity contribution is 1.55. The summed E-state index contributed by atoms with van der Waals surface area (Å²) in [6, 6.07) is 7.44. The van der Waals surface area contributed by atoms with E-state index in [9.17, 15) is 4.79 Å². The number of benzene rings is 1. The third-order valence-electron chi connectivity index (χ3n) is 1.88. The SMILES string of the molecule is Cc1cccc2c(=O)ccsc12. The molecule has 0 spiro atoms. The number of aryl methyl sites for hydroxylation is 1. The molecule has 0 amide bonds. The predicted molar refractivity (Wildman–Crippen MR) is 52.8 cm³/mol. The third-order valence-corrected chi connectivity index (χ3v) is 2.93. The minimum Gasteiger partial charge on any atom is -0.289 e. The molecular weight excluding hydrogens is 168 g/mol. The standard InChI is InChI=1S/C10H8OS/c1-7-3-2-4-8-9(11)5-6-12-10(7)8/h2-6H,1H3. The smallest absolute Gasteiger partial charge is 0.188 e. The Hall–Kier alpha value is -1.15. The van der Waals surface area contributed by atoms with Crippen LogP contribution in [0.2, 0.25) is 0 Å². The fourth-order valence-corrected chi connectivity index (χ4v) is 2.13. The van der Waals surface area contributed by atoms with Crippen molar-refractivity contribution in [1.29, 1.82) is 0 Å². The van der Waals surface area contributed by atoms with E-state index in [1.807, 2.05) is 30.5 Å². The van der Waals surface area contributed by atoms with Gasteiger partial charge in [-0.3, -0.25) is 4.79 Å². The molecule has 0 aliphatic carbocycles. The molecule has 1 aromatic carbocycles. The van der Waals surface area contributed by atoms with Crippen molar-refractivity contribution in [3.05, 3.63) is 45.4 Å². The van der Waals surface area contributed by atoms with Crippen molar-refractivity contribution in [3.8, 4) is 0 Å². The van der Waals surface area contributed by atoms with E-state index < -0.39 is 0 Å². The van der Waals surface area contributed by atoms with Gasteiger partial charge < -0.3 is 0 Å². The van der Waals surface area contributed by atoms with Gasteiger partial charge in [-0.1, -0.05) is 12.1 Å². The Balaban J connectivity index is 3.05. The van der Waals surface area contributed by atoms with Crippen LogP contribution in [0.4, 0.5) is 0 Å². The first-order chi connectivity index (χ1) is 5.79. The molecule has 1 nitrogen and oxygen atoms in total. The van der Waals surface area contributed by atoms with Crippen LogP contribution in [0.5, 0.6) is 0 Å². The van der Waals surface area contributed by atoms with E-state index in [2.05, 4.69) is 0 Å². The molecule has 1 aromatic heterocycles. The molecule has 0 fully saturated rings. The normalized spacial score (nSPS) is 10.4. The van der Waals surface area contributed by atoms with Crippen LogP contribution in [0.1, 0.15) is 5.56 Å². The highest BCUT2D eigenvalue weighted by molar-refractivity contribution is 7.16. The maximum atomic E-state index is 11.3. The molecule has 0 radical (unpaired) electrons. The summed E-state index contributed by atoms with van der Waals surface area (Å²) in [7, 11) is 0. The molecule has 0 unspecified atom stereocenters. The maximum absolute atomic E-state index is 11.3. The van der Waals surface area contributed by atoms with Crippen LogP contribution < -0.4 is 5.43 Å². The van der Waals surface area contributed by atoms with Crippen LogP contribution in [0.3, 0.4) is 0 Å².